The first-order valence-electron chi connectivity index (χ1n) is 7.38. The van der Waals surface area contributed by atoms with Crippen LogP contribution in [0.25, 0.3) is 0 Å². The summed E-state index contributed by atoms with van der Waals surface area (Å²) >= 11 is 1.57. The van der Waals surface area contributed by atoms with Crippen molar-refractivity contribution in [3.05, 3.63) is 17.0 Å². The molecule has 0 radical (unpaired) electrons. The highest BCUT2D eigenvalue weighted by Crippen LogP contribution is 2.22. The molecular formula is C15H22N2O4S. The molecule has 1 fully saturated rings. The van der Waals surface area contributed by atoms with Gasteiger partial charge in [-0.25, -0.2) is 0 Å². The van der Waals surface area contributed by atoms with Crippen LogP contribution in [0.2, 0.25) is 0 Å². The Morgan fingerprint density at radius 2 is 2.05 bits per heavy atom. The van der Waals surface area contributed by atoms with Gasteiger partial charge in [-0.3, -0.25) is 9.59 Å². The number of piperidine rings is 1. The van der Waals surface area contributed by atoms with Gasteiger partial charge in [-0.1, -0.05) is 5.16 Å². The number of amides is 1. The molecule has 0 bridgehead atoms. The lowest BCUT2D eigenvalue weighted by molar-refractivity contribution is -0.148. The second-order valence-corrected chi connectivity index (χ2v) is 6.46. The quantitative estimate of drug-likeness (QED) is 0.770. The fraction of sp³-hybridized carbons (Fsp3) is 0.667. The predicted octanol–water partition coefficient (Wildman–Crippen LogP) is 1.94. The standard InChI is InChI=1S/C15H22N2O4S/c1-10-13(11(2)21-16-10)8-22-9-14(18)17-6-4-12(5-7-17)15(19)20-3/h12H,4-9H2,1-3H3. The molecule has 6 nitrogen and oxygen atoms in total. The molecule has 0 N–H and O–H groups in total. The number of hydrogen-bond donors (Lipinski definition) is 0. The van der Waals surface area contributed by atoms with Gasteiger partial charge in [0.15, 0.2) is 0 Å². The highest BCUT2D eigenvalue weighted by molar-refractivity contribution is 7.99. The van der Waals surface area contributed by atoms with Crippen molar-refractivity contribution < 1.29 is 18.8 Å². The zero-order chi connectivity index (χ0) is 16.1. The number of rotatable bonds is 5. The first kappa shape index (κ1) is 16.9. The lowest BCUT2D eigenvalue weighted by Gasteiger charge is -2.30. The molecular weight excluding hydrogens is 304 g/mol. The van der Waals surface area contributed by atoms with Crippen molar-refractivity contribution in [2.24, 2.45) is 5.92 Å². The van der Waals surface area contributed by atoms with E-state index < -0.39 is 0 Å². The first-order chi connectivity index (χ1) is 10.5. The molecule has 0 saturated carbocycles. The number of likely N-dealkylation sites (tertiary alicyclic amines) is 1. The topological polar surface area (TPSA) is 72.6 Å². The predicted molar refractivity (Wildman–Crippen MR) is 83.5 cm³/mol. The molecule has 2 heterocycles. The van der Waals surface area contributed by atoms with Crippen LogP contribution >= 0.6 is 11.8 Å². The van der Waals surface area contributed by atoms with Gasteiger partial charge >= 0.3 is 5.97 Å². The van der Waals surface area contributed by atoms with Crippen LogP contribution < -0.4 is 0 Å². The average molecular weight is 326 g/mol. The minimum atomic E-state index is -0.167. The average Bonchev–Trinajstić information content (AvgIpc) is 2.86. The Hall–Kier alpha value is -1.50. The molecule has 1 aliphatic heterocycles. The molecule has 1 saturated heterocycles. The summed E-state index contributed by atoms with van der Waals surface area (Å²) in [4.78, 5) is 25.5. The molecule has 0 atom stereocenters. The fourth-order valence-corrected chi connectivity index (χ4v) is 3.65. The third-order valence-corrected chi connectivity index (χ3v) is 4.98. The number of carbonyl (C=O) groups excluding carboxylic acids is 2. The number of ether oxygens (including phenoxy) is 1. The molecule has 22 heavy (non-hydrogen) atoms. The number of aryl methyl sites for hydroxylation is 2. The van der Waals surface area contributed by atoms with Gasteiger partial charge in [-0.2, -0.15) is 0 Å². The van der Waals surface area contributed by atoms with Gasteiger partial charge in [-0.15, -0.1) is 11.8 Å². The molecule has 7 heteroatoms. The summed E-state index contributed by atoms with van der Waals surface area (Å²) in [6, 6.07) is 0. The molecule has 122 valence electrons. The number of carbonyl (C=O) groups is 2. The summed E-state index contributed by atoms with van der Waals surface area (Å²) in [5.74, 6) is 1.87. The van der Waals surface area contributed by atoms with Gasteiger partial charge in [-0.05, 0) is 26.7 Å². The molecule has 1 amide bonds. The van der Waals surface area contributed by atoms with Gasteiger partial charge in [0.25, 0.3) is 0 Å². The van der Waals surface area contributed by atoms with Crippen molar-refractivity contribution in [1.82, 2.24) is 10.1 Å². The minimum absolute atomic E-state index is 0.0657. The SMILES string of the molecule is COC(=O)C1CCN(C(=O)CSCc2c(C)noc2C)CC1. The van der Waals surface area contributed by atoms with Crippen molar-refractivity contribution in [3.63, 3.8) is 0 Å². The lowest BCUT2D eigenvalue weighted by Crippen LogP contribution is -2.41. The first-order valence-corrected chi connectivity index (χ1v) is 8.53. The normalized spacial score (nSPS) is 15.9. The number of aromatic nitrogens is 1. The maximum absolute atomic E-state index is 12.2. The lowest BCUT2D eigenvalue weighted by atomic mass is 9.97. The number of hydrogen-bond acceptors (Lipinski definition) is 6. The summed E-state index contributed by atoms with van der Waals surface area (Å²) < 4.78 is 9.86. The van der Waals surface area contributed by atoms with Crippen LogP contribution in [-0.4, -0.2) is 47.9 Å². The van der Waals surface area contributed by atoms with Gasteiger partial charge < -0.3 is 14.2 Å². The van der Waals surface area contributed by atoms with E-state index in [1.54, 1.807) is 11.8 Å². The maximum atomic E-state index is 12.2. The fourth-order valence-electron chi connectivity index (χ4n) is 2.57. The van der Waals surface area contributed by atoms with Crippen molar-refractivity contribution in [2.45, 2.75) is 32.4 Å². The zero-order valence-corrected chi connectivity index (χ0v) is 14.1. The Morgan fingerprint density at radius 3 is 2.59 bits per heavy atom. The number of nitrogens with zero attached hydrogens (tertiary/aromatic N) is 2. The highest BCUT2D eigenvalue weighted by atomic mass is 32.2. The smallest absolute Gasteiger partial charge is 0.308 e. The van der Waals surface area contributed by atoms with E-state index in [4.69, 9.17) is 9.26 Å². The van der Waals surface area contributed by atoms with Crippen molar-refractivity contribution in [2.75, 3.05) is 26.0 Å². The second kappa shape index (κ2) is 7.67. The van der Waals surface area contributed by atoms with E-state index in [2.05, 4.69) is 5.16 Å². The van der Waals surface area contributed by atoms with Crippen molar-refractivity contribution >= 4 is 23.6 Å². The molecule has 1 aromatic heterocycles. The van der Waals surface area contributed by atoms with E-state index in [-0.39, 0.29) is 17.8 Å². The Kier molecular flexibility index (Phi) is 5.88. The molecule has 0 spiro atoms. The monoisotopic (exact) mass is 326 g/mol. The van der Waals surface area contributed by atoms with Crippen molar-refractivity contribution in [3.8, 4) is 0 Å². The largest absolute Gasteiger partial charge is 0.469 e. The molecule has 0 aromatic carbocycles. The van der Waals surface area contributed by atoms with E-state index in [1.165, 1.54) is 7.11 Å². The molecule has 1 aliphatic rings. The Bertz CT molecular complexity index is 516. The van der Waals surface area contributed by atoms with Gasteiger partial charge in [0, 0.05) is 24.4 Å². The Balaban J connectivity index is 1.74. The third kappa shape index (κ3) is 4.03. The molecule has 2 rings (SSSR count). The number of thioether (sulfide) groups is 1. The highest BCUT2D eigenvalue weighted by Gasteiger charge is 2.27. The van der Waals surface area contributed by atoms with E-state index in [0.29, 0.717) is 31.7 Å². The molecule has 0 unspecified atom stereocenters. The number of methoxy groups -OCH3 is 1. The molecule has 1 aromatic rings. The molecule has 0 aliphatic carbocycles. The summed E-state index contributed by atoms with van der Waals surface area (Å²) in [5.41, 5.74) is 1.96. The van der Waals surface area contributed by atoms with E-state index in [1.807, 2.05) is 18.7 Å². The van der Waals surface area contributed by atoms with Crippen LogP contribution in [-0.2, 0) is 20.1 Å². The van der Waals surface area contributed by atoms with E-state index >= 15 is 0 Å². The zero-order valence-electron chi connectivity index (χ0n) is 13.3. The number of esters is 1. The summed E-state index contributed by atoms with van der Waals surface area (Å²) in [6.45, 7) is 5.05. The Morgan fingerprint density at radius 1 is 1.36 bits per heavy atom. The van der Waals surface area contributed by atoms with Gasteiger partial charge in [0.05, 0.1) is 24.5 Å². The third-order valence-electron chi connectivity index (χ3n) is 4.04. The summed E-state index contributed by atoms with van der Waals surface area (Å²) in [7, 11) is 1.41. The van der Waals surface area contributed by atoms with E-state index in [9.17, 15) is 9.59 Å². The van der Waals surface area contributed by atoms with Crippen LogP contribution in [0.4, 0.5) is 0 Å². The summed E-state index contributed by atoms with van der Waals surface area (Å²) in [5, 5.41) is 3.91. The van der Waals surface area contributed by atoms with Crippen LogP contribution in [0.15, 0.2) is 4.52 Å². The van der Waals surface area contributed by atoms with Gasteiger partial charge in [0.2, 0.25) is 5.91 Å². The Labute approximate surface area is 134 Å². The van der Waals surface area contributed by atoms with Gasteiger partial charge in [0.1, 0.15) is 5.76 Å². The van der Waals surface area contributed by atoms with E-state index in [0.717, 1.165) is 22.8 Å². The van der Waals surface area contributed by atoms with Crippen LogP contribution in [0.3, 0.4) is 0 Å². The van der Waals surface area contributed by atoms with Crippen LogP contribution in [0, 0.1) is 19.8 Å². The second-order valence-electron chi connectivity index (χ2n) is 5.47. The maximum Gasteiger partial charge on any atom is 0.308 e. The van der Waals surface area contributed by atoms with Crippen LogP contribution in [0.5, 0.6) is 0 Å². The minimum Gasteiger partial charge on any atom is -0.469 e. The summed E-state index contributed by atoms with van der Waals surface area (Å²) in [6.07, 6.45) is 1.37. The van der Waals surface area contributed by atoms with Crippen molar-refractivity contribution in [1.29, 1.82) is 0 Å². The van der Waals surface area contributed by atoms with Crippen LogP contribution in [0.1, 0.15) is 29.9 Å².